The van der Waals surface area contributed by atoms with Crippen molar-refractivity contribution in [3.63, 3.8) is 0 Å². The van der Waals surface area contributed by atoms with Crippen LogP contribution < -0.4 is 5.32 Å². The quantitative estimate of drug-likeness (QED) is 0.759. The molecule has 0 saturated carbocycles. The van der Waals surface area contributed by atoms with Gasteiger partial charge in [0.15, 0.2) is 5.54 Å². The fourth-order valence-corrected chi connectivity index (χ4v) is 1.82. The summed E-state index contributed by atoms with van der Waals surface area (Å²) in [4.78, 5) is 11.6. The highest BCUT2D eigenvalue weighted by atomic mass is 19.3. The van der Waals surface area contributed by atoms with Crippen LogP contribution in [0.1, 0.15) is 12.5 Å². The van der Waals surface area contributed by atoms with E-state index in [9.17, 15) is 18.7 Å². The van der Waals surface area contributed by atoms with Crippen LogP contribution in [0.3, 0.4) is 0 Å². The number of carboxylic acids is 1. The maximum atomic E-state index is 12.1. The summed E-state index contributed by atoms with van der Waals surface area (Å²) in [5.74, 6) is -1.16. The molecule has 0 spiro atoms. The van der Waals surface area contributed by atoms with Gasteiger partial charge in [0.2, 0.25) is 0 Å². The van der Waals surface area contributed by atoms with E-state index in [1.54, 1.807) is 37.3 Å². The number of ether oxygens (including phenoxy) is 1. The molecule has 19 heavy (non-hydrogen) atoms. The zero-order chi connectivity index (χ0) is 14.3. The summed E-state index contributed by atoms with van der Waals surface area (Å²) in [5, 5.41) is 12.3. The first-order chi connectivity index (χ1) is 9.03. The van der Waals surface area contributed by atoms with Crippen LogP contribution in [0.15, 0.2) is 30.3 Å². The number of benzene rings is 1. The molecule has 1 aromatic carbocycles. The highest BCUT2D eigenvalue weighted by molar-refractivity contribution is 5.81. The van der Waals surface area contributed by atoms with Crippen molar-refractivity contribution < 1.29 is 23.4 Å². The number of aliphatic carboxylic acids is 1. The van der Waals surface area contributed by atoms with Crippen LogP contribution in [-0.4, -0.2) is 37.3 Å². The number of nitrogens with one attached hydrogen (secondary N) is 1. The Labute approximate surface area is 110 Å². The predicted molar refractivity (Wildman–Crippen MR) is 66.3 cm³/mol. The summed E-state index contributed by atoms with van der Waals surface area (Å²) in [6, 6.07) is 8.39. The Morgan fingerprint density at radius 2 is 2.05 bits per heavy atom. The molecule has 6 heteroatoms. The van der Waals surface area contributed by atoms with Crippen LogP contribution in [0.5, 0.6) is 0 Å². The van der Waals surface area contributed by atoms with Crippen molar-refractivity contribution in [1.82, 2.24) is 5.32 Å². The van der Waals surface area contributed by atoms with E-state index in [-0.39, 0.29) is 6.61 Å². The predicted octanol–water partition coefficient (Wildman–Crippen LogP) is 1.86. The lowest BCUT2D eigenvalue weighted by Gasteiger charge is -2.30. The molecular weight excluding hydrogens is 256 g/mol. The first-order valence-corrected chi connectivity index (χ1v) is 5.92. The topological polar surface area (TPSA) is 58.6 Å². The SMILES string of the molecule is CCNC(COCC(F)F)(C(=O)O)c1ccccc1. The lowest BCUT2D eigenvalue weighted by atomic mass is 9.90. The number of halogens is 2. The van der Waals surface area contributed by atoms with Gasteiger partial charge in [-0.25, -0.2) is 13.6 Å². The molecule has 0 aliphatic heterocycles. The van der Waals surface area contributed by atoms with Gasteiger partial charge in [-0.2, -0.15) is 0 Å². The Hall–Kier alpha value is -1.53. The van der Waals surface area contributed by atoms with Gasteiger partial charge in [0, 0.05) is 0 Å². The molecule has 1 atom stereocenters. The maximum Gasteiger partial charge on any atom is 0.331 e. The highest BCUT2D eigenvalue weighted by Crippen LogP contribution is 2.22. The van der Waals surface area contributed by atoms with Crippen molar-refractivity contribution in [3.8, 4) is 0 Å². The second-order valence-corrected chi connectivity index (χ2v) is 4.01. The van der Waals surface area contributed by atoms with E-state index in [0.717, 1.165) is 0 Å². The number of hydrogen-bond donors (Lipinski definition) is 2. The summed E-state index contributed by atoms with van der Waals surface area (Å²) >= 11 is 0. The maximum absolute atomic E-state index is 12.1. The second-order valence-electron chi connectivity index (χ2n) is 4.01. The molecule has 0 aliphatic rings. The zero-order valence-corrected chi connectivity index (χ0v) is 10.6. The molecule has 2 N–H and O–H groups in total. The molecule has 1 rings (SSSR count). The minimum atomic E-state index is -2.62. The van der Waals surface area contributed by atoms with E-state index in [4.69, 9.17) is 4.74 Å². The number of alkyl halides is 2. The van der Waals surface area contributed by atoms with Gasteiger partial charge in [0.1, 0.15) is 6.61 Å². The molecule has 1 unspecified atom stereocenters. The van der Waals surface area contributed by atoms with E-state index in [2.05, 4.69) is 5.32 Å². The third kappa shape index (κ3) is 3.97. The summed E-state index contributed by atoms with van der Waals surface area (Å²) in [7, 11) is 0. The first-order valence-electron chi connectivity index (χ1n) is 5.92. The monoisotopic (exact) mass is 273 g/mol. The van der Waals surface area contributed by atoms with Crippen LogP contribution in [0, 0.1) is 0 Å². The lowest BCUT2D eigenvalue weighted by molar-refractivity contribution is -0.149. The number of rotatable bonds is 8. The second kappa shape index (κ2) is 7.16. The fraction of sp³-hybridized carbons (Fsp3) is 0.462. The van der Waals surface area contributed by atoms with Gasteiger partial charge in [-0.05, 0) is 12.1 Å². The minimum Gasteiger partial charge on any atom is -0.480 e. The van der Waals surface area contributed by atoms with Gasteiger partial charge in [0.25, 0.3) is 6.43 Å². The Morgan fingerprint density at radius 3 is 2.53 bits per heavy atom. The number of carbonyl (C=O) groups is 1. The molecule has 0 fully saturated rings. The van der Waals surface area contributed by atoms with Gasteiger partial charge in [-0.1, -0.05) is 37.3 Å². The standard InChI is InChI=1S/C13H17F2NO3/c1-2-16-13(12(17)18,9-19-8-11(14)15)10-6-4-3-5-7-10/h3-7,11,16H,2,8-9H2,1H3,(H,17,18). The molecule has 0 amide bonds. The molecule has 0 heterocycles. The summed E-state index contributed by atoms with van der Waals surface area (Å²) in [5.41, 5.74) is -1.04. The van der Waals surface area contributed by atoms with E-state index in [0.29, 0.717) is 12.1 Å². The average Bonchev–Trinajstić information content (AvgIpc) is 2.38. The summed E-state index contributed by atoms with van der Waals surface area (Å²) in [6.07, 6.45) is -2.62. The fourth-order valence-electron chi connectivity index (χ4n) is 1.82. The molecule has 0 bridgehead atoms. The zero-order valence-electron chi connectivity index (χ0n) is 10.6. The number of hydrogen-bond acceptors (Lipinski definition) is 3. The lowest BCUT2D eigenvalue weighted by Crippen LogP contribution is -2.53. The van der Waals surface area contributed by atoms with Crippen molar-refractivity contribution in [2.24, 2.45) is 0 Å². The average molecular weight is 273 g/mol. The van der Waals surface area contributed by atoms with Crippen molar-refractivity contribution >= 4 is 5.97 Å². The van der Waals surface area contributed by atoms with Gasteiger partial charge in [-0.3, -0.25) is 5.32 Å². The van der Waals surface area contributed by atoms with Crippen molar-refractivity contribution in [1.29, 1.82) is 0 Å². The molecule has 1 aromatic rings. The van der Waals surface area contributed by atoms with E-state index < -0.39 is 24.5 Å². The van der Waals surface area contributed by atoms with Crippen LogP contribution in [0.2, 0.25) is 0 Å². The Morgan fingerprint density at radius 1 is 1.42 bits per heavy atom. The van der Waals surface area contributed by atoms with Gasteiger partial charge >= 0.3 is 5.97 Å². The molecule has 4 nitrogen and oxygen atoms in total. The number of likely N-dealkylation sites (N-methyl/N-ethyl adjacent to an activating group) is 1. The molecule has 0 radical (unpaired) electrons. The van der Waals surface area contributed by atoms with E-state index in [1.807, 2.05) is 0 Å². The Bertz CT molecular complexity index is 400. The Balaban J connectivity index is 2.97. The largest absolute Gasteiger partial charge is 0.480 e. The first kappa shape index (κ1) is 15.5. The number of carboxylic acid groups (broad SMARTS) is 1. The Kier molecular flexibility index (Phi) is 5.85. The highest BCUT2D eigenvalue weighted by Gasteiger charge is 2.40. The third-order valence-corrected chi connectivity index (χ3v) is 2.67. The molecule has 0 aromatic heterocycles. The van der Waals surface area contributed by atoms with Crippen molar-refractivity contribution in [2.75, 3.05) is 19.8 Å². The van der Waals surface area contributed by atoms with E-state index in [1.165, 1.54) is 0 Å². The van der Waals surface area contributed by atoms with Gasteiger partial charge < -0.3 is 9.84 Å². The third-order valence-electron chi connectivity index (χ3n) is 2.67. The molecule has 0 saturated heterocycles. The minimum absolute atomic E-state index is 0.357. The van der Waals surface area contributed by atoms with Crippen LogP contribution in [0.4, 0.5) is 8.78 Å². The van der Waals surface area contributed by atoms with Crippen LogP contribution >= 0.6 is 0 Å². The van der Waals surface area contributed by atoms with Crippen LogP contribution in [0.25, 0.3) is 0 Å². The molecular formula is C13H17F2NO3. The normalized spacial score (nSPS) is 14.3. The van der Waals surface area contributed by atoms with Gasteiger partial charge in [0.05, 0.1) is 6.61 Å². The molecule has 106 valence electrons. The van der Waals surface area contributed by atoms with Gasteiger partial charge in [-0.15, -0.1) is 0 Å². The smallest absolute Gasteiger partial charge is 0.331 e. The van der Waals surface area contributed by atoms with E-state index >= 15 is 0 Å². The summed E-state index contributed by atoms with van der Waals surface area (Å²) < 4.78 is 29.0. The summed E-state index contributed by atoms with van der Waals surface area (Å²) in [6.45, 7) is 0.977. The van der Waals surface area contributed by atoms with Crippen molar-refractivity contribution in [2.45, 2.75) is 18.9 Å². The van der Waals surface area contributed by atoms with Crippen molar-refractivity contribution in [3.05, 3.63) is 35.9 Å². The van der Waals surface area contributed by atoms with Crippen LogP contribution in [-0.2, 0) is 15.1 Å². The molecule has 0 aliphatic carbocycles.